The van der Waals surface area contributed by atoms with Crippen molar-refractivity contribution in [3.8, 4) is 0 Å². The number of hydrogen-bond donors (Lipinski definition) is 1. The molecule has 0 saturated carbocycles. The fourth-order valence-corrected chi connectivity index (χ4v) is 2.12. The Morgan fingerprint density at radius 3 is 2.63 bits per heavy atom. The van der Waals surface area contributed by atoms with Gasteiger partial charge in [-0.05, 0) is 37.6 Å². The van der Waals surface area contributed by atoms with Crippen molar-refractivity contribution >= 4 is 34.8 Å². The Kier molecular flexibility index (Phi) is 4.08. The molecule has 98 valence electrons. The number of carbonyl (C=O) groups excluding carboxylic acids is 1. The molecule has 5 heteroatoms. The maximum atomic E-state index is 12.1. The quantitative estimate of drug-likeness (QED) is 0.841. The number of hydrogen-bond acceptors (Lipinski definition) is 2. The zero-order chi connectivity index (χ0) is 14.0. The number of carbonyl (C=O) groups is 1. The summed E-state index contributed by atoms with van der Waals surface area (Å²) in [4.78, 5) is 16.1. The molecule has 1 heterocycles. The summed E-state index contributed by atoms with van der Waals surface area (Å²) in [6.45, 7) is 3.66. The highest BCUT2D eigenvalue weighted by molar-refractivity contribution is 6.34. The molecule has 1 aromatic heterocycles. The lowest BCUT2D eigenvalue weighted by atomic mass is 10.2. The molecule has 1 amide bonds. The molecule has 0 unspecified atom stereocenters. The lowest BCUT2D eigenvalue weighted by Gasteiger charge is -2.09. The molecule has 1 aromatic carbocycles. The molecule has 0 aliphatic rings. The van der Waals surface area contributed by atoms with E-state index >= 15 is 0 Å². The van der Waals surface area contributed by atoms with Crippen LogP contribution in [-0.4, -0.2) is 10.9 Å². The number of nitrogens with one attached hydrogen (secondary N) is 1. The van der Waals surface area contributed by atoms with Crippen LogP contribution in [0.4, 0.5) is 5.69 Å². The van der Waals surface area contributed by atoms with Gasteiger partial charge >= 0.3 is 0 Å². The van der Waals surface area contributed by atoms with Crippen molar-refractivity contribution in [1.82, 2.24) is 4.98 Å². The predicted octanol–water partition coefficient (Wildman–Crippen LogP) is 4.26. The number of aryl methyl sites for hydroxylation is 2. The molecule has 0 atom stereocenters. The van der Waals surface area contributed by atoms with E-state index in [9.17, 15) is 4.79 Å². The predicted molar refractivity (Wildman–Crippen MR) is 78.1 cm³/mol. The van der Waals surface area contributed by atoms with E-state index < -0.39 is 0 Å². The van der Waals surface area contributed by atoms with Gasteiger partial charge in [0, 0.05) is 11.3 Å². The molecule has 1 N–H and O–H groups in total. The SMILES string of the molecule is Cc1cc(C(=O)Nc2cccc(C)c2Cl)cc(Cl)n1. The van der Waals surface area contributed by atoms with Gasteiger partial charge in [-0.3, -0.25) is 4.79 Å². The van der Waals surface area contributed by atoms with Gasteiger partial charge in [-0.1, -0.05) is 35.3 Å². The highest BCUT2D eigenvalue weighted by Gasteiger charge is 2.11. The number of rotatable bonds is 2. The third kappa shape index (κ3) is 3.25. The summed E-state index contributed by atoms with van der Waals surface area (Å²) in [6.07, 6.45) is 0. The van der Waals surface area contributed by atoms with Crippen LogP contribution in [0, 0.1) is 13.8 Å². The monoisotopic (exact) mass is 294 g/mol. The Bertz CT molecular complexity index is 621. The zero-order valence-electron chi connectivity index (χ0n) is 10.5. The van der Waals surface area contributed by atoms with Gasteiger partial charge in [0.15, 0.2) is 0 Å². The molecular formula is C14H12Cl2N2O. The number of anilines is 1. The van der Waals surface area contributed by atoms with Gasteiger partial charge in [-0.25, -0.2) is 4.98 Å². The molecule has 2 aromatic rings. The highest BCUT2D eigenvalue weighted by atomic mass is 35.5. The Morgan fingerprint density at radius 1 is 1.21 bits per heavy atom. The summed E-state index contributed by atoms with van der Waals surface area (Å²) >= 11 is 12.0. The van der Waals surface area contributed by atoms with Crippen molar-refractivity contribution in [2.45, 2.75) is 13.8 Å². The van der Waals surface area contributed by atoms with Gasteiger partial charge in [-0.15, -0.1) is 0 Å². The van der Waals surface area contributed by atoms with E-state index in [-0.39, 0.29) is 5.91 Å². The number of halogens is 2. The zero-order valence-corrected chi connectivity index (χ0v) is 12.0. The molecule has 0 radical (unpaired) electrons. The summed E-state index contributed by atoms with van der Waals surface area (Å²) in [5.41, 5.74) is 2.63. The van der Waals surface area contributed by atoms with Crippen LogP contribution in [0.25, 0.3) is 0 Å². The summed E-state index contributed by atoms with van der Waals surface area (Å²) in [5, 5.41) is 3.59. The van der Waals surface area contributed by atoms with Gasteiger partial charge < -0.3 is 5.32 Å². The summed E-state index contributed by atoms with van der Waals surface area (Å²) in [7, 11) is 0. The van der Waals surface area contributed by atoms with Crippen molar-refractivity contribution in [3.63, 3.8) is 0 Å². The first-order chi connectivity index (χ1) is 8.97. The van der Waals surface area contributed by atoms with E-state index in [0.717, 1.165) is 5.56 Å². The molecular weight excluding hydrogens is 283 g/mol. The first-order valence-electron chi connectivity index (χ1n) is 5.68. The van der Waals surface area contributed by atoms with Crippen LogP contribution in [0.15, 0.2) is 30.3 Å². The Balaban J connectivity index is 2.28. The third-order valence-electron chi connectivity index (χ3n) is 2.62. The average Bonchev–Trinajstić information content (AvgIpc) is 2.33. The van der Waals surface area contributed by atoms with Gasteiger partial charge in [-0.2, -0.15) is 0 Å². The summed E-state index contributed by atoms with van der Waals surface area (Å²) < 4.78 is 0. The number of aromatic nitrogens is 1. The molecule has 0 aliphatic heterocycles. The van der Waals surface area contributed by atoms with Crippen molar-refractivity contribution in [1.29, 1.82) is 0 Å². The number of amides is 1. The second-order valence-electron chi connectivity index (χ2n) is 4.21. The van der Waals surface area contributed by atoms with Crippen LogP contribution >= 0.6 is 23.2 Å². The second-order valence-corrected chi connectivity index (χ2v) is 4.98. The van der Waals surface area contributed by atoms with Gasteiger partial charge in [0.2, 0.25) is 0 Å². The van der Waals surface area contributed by atoms with Crippen LogP contribution in [0.5, 0.6) is 0 Å². The summed E-state index contributed by atoms with van der Waals surface area (Å²) in [6, 6.07) is 8.66. The smallest absolute Gasteiger partial charge is 0.255 e. The van der Waals surface area contributed by atoms with Crippen LogP contribution < -0.4 is 5.32 Å². The molecule has 3 nitrogen and oxygen atoms in total. The highest BCUT2D eigenvalue weighted by Crippen LogP contribution is 2.25. The molecule has 2 rings (SSSR count). The van der Waals surface area contributed by atoms with Crippen molar-refractivity contribution in [2.75, 3.05) is 5.32 Å². The fraction of sp³-hybridized carbons (Fsp3) is 0.143. The average molecular weight is 295 g/mol. The van der Waals surface area contributed by atoms with Crippen LogP contribution in [0.1, 0.15) is 21.6 Å². The number of pyridine rings is 1. The maximum Gasteiger partial charge on any atom is 0.255 e. The normalized spacial score (nSPS) is 10.3. The van der Waals surface area contributed by atoms with Crippen molar-refractivity contribution in [2.24, 2.45) is 0 Å². The van der Waals surface area contributed by atoms with E-state index in [2.05, 4.69) is 10.3 Å². The first kappa shape index (κ1) is 13.8. The lowest BCUT2D eigenvalue weighted by molar-refractivity contribution is 0.102. The maximum absolute atomic E-state index is 12.1. The minimum atomic E-state index is -0.264. The molecule has 0 aliphatic carbocycles. The minimum Gasteiger partial charge on any atom is -0.321 e. The molecule has 0 spiro atoms. The van der Waals surface area contributed by atoms with Gasteiger partial charge in [0.1, 0.15) is 5.15 Å². The number of benzene rings is 1. The van der Waals surface area contributed by atoms with Crippen LogP contribution in [-0.2, 0) is 0 Å². The standard InChI is InChI=1S/C14H12Cl2N2O/c1-8-4-3-5-11(13(8)16)18-14(19)10-6-9(2)17-12(15)7-10/h3-7H,1-2H3,(H,18,19). The lowest BCUT2D eigenvalue weighted by Crippen LogP contribution is -2.13. The Hall–Kier alpha value is -1.58. The van der Waals surface area contributed by atoms with Gasteiger partial charge in [0.05, 0.1) is 10.7 Å². The van der Waals surface area contributed by atoms with E-state index in [0.29, 0.717) is 27.1 Å². The molecule has 0 saturated heterocycles. The first-order valence-corrected chi connectivity index (χ1v) is 6.43. The topological polar surface area (TPSA) is 42.0 Å². The van der Waals surface area contributed by atoms with Gasteiger partial charge in [0.25, 0.3) is 5.91 Å². The van der Waals surface area contributed by atoms with E-state index in [4.69, 9.17) is 23.2 Å². The minimum absolute atomic E-state index is 0.264. The molecule has 0 fully saturated rings. The Labute approximate surface area is 121 Å². The van der Waals surface area contributed by atoms with Crippen LogP contribution in [0.3, 0.4) is 0 Å². The third-order valence-corrected chi connectivity index (χ3v) is 3.32. The largest absolute Gasteiger partial charge is 0.321 e. The second kappa shape index (κ2) is 5.59. The Morgan fingerprint density at radius 2 is 1.95 bits per heavy atom. The van der Waals surface area contributed by atoms with E-state index in [1.807, 2.05) is 19.1 Å². The fourth-order valence-electron chi connectivity index (χ4n) is 1.70. The number of nitrogens with zero attached hydrogens (tertiary/aromatic N) is 1. The van der Waals surface area contributed by atoms with Crippen molar-refractivity contribution in [3.05, 3.63) is 57.3 Å². The van der Waals surface area contributed by atoms with Crippen LogP contribution in [0.2, 0.25) is 10.2 Å². The molecule has 0 bridgehead atoms. The van der Waals surface area contributed by atoms with E-state index in [1.54, 1.807) is 19.1 Å². The molecule has 19 heavy (non-hydrogen) atoms. The summed E-state index contributed by atoms with van der Waals surface area (Å²) in [5.74, 6) is -0.264. The van der Waals surface area contributed by atoms with Crippen molar-refractivity contribution < 1.29 is 4.79 Å². The van der Waals surface area contributed by atoms with E-state index in [1.165, 1.54) is 6.07 Å².